The molecule has 0 aliphatic heterocycles. The van der Waals surface area contributed by atoms with Crippen LogP contribution in [0.15, 0.2) is 47.4 Å². The normalized spacial score (nSPS) is 23.4. The largest absolute Gasteiger partial charge is 0.685 e. The number of nitro groups is 6. The van der Waals surface area contributed by atoms with Crippen LogP contribution in [0, 0.1) is 60.7 Å². The predicted molar refractivity (Wildman–Crippen MR) is 95.4 cm³/mol. The molecule has 1 aliphatic rings. The van der Waals surface area contributed by atoms with E-state index >= 15 is 0 Å². The molecule has 2 atom stereocenters. The van der Waals surface area contributed by atoms with E-state index in [9.17, 15) is 60.7 Å². The zero-order valence-corrected chi connectivity index (χ0v) is 15.4. The third-order valence-corrected chi connectivity index (χ3v) is 5.92. The lowest BCUT2D eigenvalue weighted by Crippen LogP contribution is -2.85. The first-order valence-electron chi connectivity index (χ1n) is 7.63. The van der Waals surface area contributed by atoms with Gasteiger partial charge in [0.1, 0.15) is 19.7 Å². The van der Waals surface area contributed by atoms with Gasteiger partial charge in [0, 0.05) is 22.0 Å². The molecular formula is C12H8N6O12S. The highest BCUT2D eigenvalue weighted by molar-refractivity contribution is 8.00. The van der Waals surface area contributed by atoms with Gasteiger partial charge in [-0.2, -0.15) is 0 Å². The molecule has 0 saturated carbocycles. The molecule has 1 aromatic carbocycles. The van der Waals surface area contributed by atoms with Crippen LogP contribution >= 0.6 is 11.8 Å². The molecule has 2 rings (SSSR count). The average molecular weight is 460 g/mol. The molecule has 31 heavy (non-hydrogen) atoms. The minimum absolute atomic E-state index is 0.0234. The van der Waals surface area contributed by atoms with Gasteiger partial charge in [0.05, 0.1) is 4.92 Å². The molecule has 18 nitrogen and oxygen atoms in total. The number of hydrogen-bond donors (Lipinski definition) is 0. The van der Waals surface area contributed by atoms with Crippen molar-refractivity contribution in [3.05, 3.63) is 103 Å². The zero-order chi connectivity index (χ0) is 23.8. The lowest BCUT2D eigenvalue weighted by atomic mass is 9.76. The van der Waals surface area contributed by atoms with Crippen molar-refractivity contribution in [3.63, 3.8) is 0 Å². The highest BCUT2D eigenvalue weighted by Crippen LogP contribution is 2.54. The van der Waals surface area contributed by atoms with Crippen LogP contribution in [0.3, 0.4) is 0 Å². The first kappa shape index (κ1) is 23.0. The van der Waals surface area contributed by atoms with Crippen molar-refractivity contribution >= 4 is 11.8 Å². The van der Waals surface area contributed by atoms with Crippen molar-refractivity contribution in [2.45, 2.75) is 27.1 Å². The van der Waals surface area contributed by atoms with Crippen LogP contribution in [-0.2, 0) is 0 Å². The minimum atomic E-state index is -4.94. The molecule has 0 bridgehead atoms. The van der Waals surface area contributed by atoms with Crippen LogP contribution < -0.4 is 0 Å². The fourth-order valence-electron chi connectivity index (χ4n) is 3.29. The van der Waals surface area contributed by atoms with Gasteiger partial charge in [-0.3, -0.25) is 60.7 Å². The number of rotatable bonds is 8. The molecule has 2 unspecified atom stereocenters. The Morgan fingerprint density at radius 2 is 1.19 bits per heavy atom. The maximum absolute atomic E-state index is 12.0. The fraction of sp³-hybridized carbons (Fsp3) is 0.333. The summed E-state index contributed by atoms with van der Waals surface area (Å²) in [6.45, 7) is 0. The molecule has 19 heteroatoms. The second-order valence-electron chi connectivity index (χ2n) is 5.88. The van der Waals surface area contributed by atoms with E-state index in [-0.39, 0.29) is 28.8 Å². The standard InChI is InChI=1S/C12H8N6O12S/c19-13(20)9-6-7-10(14(21)22,31-8-4-2-1-3-5-8)12(17(27)28,18(29)30)11(9,15(23)24)16(25)26/h1-7,9H. The topological polar surface area (TPSA) is 259 Å². The third kappa shape index (κ3) is 2.73. The van der Waals surface area contributed by atoms with Crippen molar-refractivity contribution in [1.82, 2.24) is 0 Å². The molecule has 164 valence electrons. The molecular weight excluding hydrogens is 452 g/mol. The van der Waals surface area contributed by atoms with Crippen molar-refractivity contribution in [1.29, 1.82) is 0 Å². The van der Waals surface area contributed by atoms with Gasteiger partial charge in [-0.1, -0.05) is 18.2 Å². The summed E-state index contributed by atoms with van der Waals surface area (Å²) in [5, 5.41) is 71.0. The van der Waals surface area contributed by atoms with E-state index < -0.39 is 51.8 Å². The lowest BCUT2D eigenvalue weighted by molar-refractivity contribution is -0.970. The summed E-state index contributed by atoms with van der Waals surface area (Å²) in [5.74, 6) is 0. The summed E-state index contributed by atoms with van der Waals surface area (Å²) in [5.41, 5.74) is -9.82. The van der Waals surface area contributed by atoms with Gasteiger partial charge in [0.25, 0.3) is 0 Å². The third-order valence-electron chi connectivity index (χ3n) is 4.53. The number of benzene rings is 1. The highest BCUT2D eigenvalue weighted by Gasteiger charge is 3.09. The van der Waals surface area contributed by atoms with E-state index in [1.54, 1.807) is 0 Å². The summed E-state index contributed by atoms with van der Waals surface area (Å²) >= 11 is -0.266. The highest BCUT2D eigenvalue weighted by atomic mass is 32.2. The molecule has 0 amide bonds. The maximum Gasteiger partial charge on any atom is 0.685 e. The van der Waals surface area contributed by atoms with Crippen LogP contribution in [0.25, 0.3) is 0 Å². The first-order valence-corrected chi connectivity index (χ1v) is 8.45. The van der Waals surface area contributed by atoms with E-state index in [2.05, 4.69) is 0 Å². The van der Waals surface area contributed by atoms with E-state index in [1.165, 1.54) is 18.2 Å². The Kier molecular flexibility index (Phi) is 5.57. The summed E-state index contributed by atoms with van der Waals surface area (Å²) in [7, 11) is 0. The molecule has 0 saturated heterocycles. The van der Waals surface area contributed by atoms with Crippen LogP contribution in [0.1, 0.15) is 0 Å². The van der Waals surface area contributed by atoms with Gasteiger partial charge in [-0.15, -0.1) is 0 Å². The summed E-state index contributed by atoms with van der Waals surface area (Å²) in [4.78, 5) is 54.8. The minimum Gasteiger partial charge on any atom is -0.263 e. The van der Waals surface area contributed by atoms with Crippen LogP contribution in [0.5, 0.6) is 0 Å². The molecule has 0 fully saturated rings. The van der Waals surface area contributed by atoms with Gasteiger partial charge in [0.2, 0.25) is 0 Å². The van der Waals surface area contributed by atoms with Gasteiger partial charge < -0.3 is 0 Å². The SMILES string of the molecule is O=[N+]([O-])C1C=CC(Sc2ccccc2)([N+](=O)[O-])C([N+](=O)[O-])([N+](=O)[O-])C1([N+](=O)[O-])[N+](=O)[O-]. The van der Waals surface area contributed by atoms with E-state index in [0.29, 0.717) is 0 Å². The van der Waals surface area contributed by atoms with E-state index in [0.717, 1.165) is 12.1 Å². The molecule has 1 aromatic rings. The predicted octanol–water partition coefficient (Wildman–Crippen LogP) is 0.466. The average Bonchev–Trinajstić information content (AvgIpc) is 2.66. The molecule has 0 N–H and O–H groups in total. The van der Waals surface area contributed by atoms with Crippen LogP contribution in [0.4, 0.5) is 0 Å². The Bertz CT molecular complexity index is 1000. The van der Waals surface area contributed by atoms with E-state index in [1.807, 2.05) is 0 Å². The molecule has 1 aliphatic carbocycles. The monoisotopic (exact) mass is 460 g/mol. The second-order valence-corrected chi connectivity index (χ2v) is 7.18. The van der Waals surface area contributed by atoms with Crippen molar-refractivity contribution in [3.8, 4) is 0 Å². The molecule has 0 spiro atoms. The van der Waals surface area contributed by atoms with Gasteiger partial charge in [-0.25, -0.2) is 0 Å². The summed E-state index contributed by atoms with van der Waals surface area (Å²) in [6, 6.07) is 2.82. The van der Waals surface area contributed by atoms with Crippen LogP contribution in [-0.4, -0.2) is 51.8 Å². The van der Waals surface area contributed by atoms with Crippen molar-refractivity contribution < 1.29 is 29.5 Å². The molecule has 0 radical (unpaired) electrons. The Morgan fingerprint density at radius 1 is 0.710 bits per heavy atom. The lowest BCUT2D eigenvalue weighted by Gasteiger charge is -2.33. The first-order chi connectivity index (χ1) is 14.3. The number of hydrogen-bond acceptors (Lipinski definition) is 13. The Morgan fingerprint density at radius 3 is 1.55 bits per heavy atom. The van der Waals surface area contributed by atoms with E-state index in [4.69, 9.17) is 0 Å². The summed E-state index contributed by atoms with van der Waals surface area (Å²) < 4.78 is 0. The molecule has 0 aromatic heterocycles. The van der Waals surface area contributed by atoms with Gasteiger partial charge in [0.15, 0.2) is 0 Å². The van der Waals surface area contributed by atoms with Crippen molar-refractivity contribution in [2.24, 2.45) is 0 Å². The number of nitrogens with zero attached hydrogens (tertiary/aromatic N) is 6. The smallest absolute Gasteiger partial charge is 0.263 e. The Hall–Kier alpha value is -4.29. The Labute approximate surface area is 172 Å². The Balaban J connectivity index is 3.18. The van der Waals surface area contributed by atoms with Gasteiger partial charge >= 0.3 is 22.2 Å². The van der Waals surface area contributed by atoms with Gasteiger partial charge in [-0.05, 0) is 23.9 Å². The zero-order valence-electron chi connectivity index (χ0n) is 14.6. The number of thioether (sulfide) groups is 1. The maximum atomic E-state index is 12.0. The quantitative estimate of drug-likeness (QED) is 0.221. The second kappa shape index (κ2) is 7.51. The van der Waals surface area contributed by atoms with Crippen molar-refractivity contribution in [2.75, 3.05) is 0 Å². The van der Waals surface area contributed by atoms with Crippen LogP contribution in [0.2, 0.25) is 0 Å². The fourth-order valence-corrected chi connectivity index (χ4v) is 4.61. The molecule has 0 heterocycles. The summed E-state index contributed by atoms with van der Waals surface area (Å²) in [6.07, 6.45) is 0.0740.